The molecule has 0 unspecified atom stereocenters. The number of aromatic nitrogens is 1. The molecule has 2 N–H and O–H groups in total. The SMILES string of the molecule is CN(C)C1=CC=C(C#Cc2cc3c([nH]2)=CNCC=3)CC1. The van der Waals surface area contributed by atoms with Crippen molar-refractivity contribution in [1.82, 2.24) is 15.2 Å². The summed E-state index contributed by atoms with van der Waals surface area (Å²) in [6.45, 7) is 0.890. The summed E-state index contributed by atoms with van der Waals surface area (Å²) >= 11 is 0. The molecular weight excluding hydrogens is 246 g/mol. The average Bonchev–Trinajstić information content (AvgIpc) is 2.88. The van der Waals surface area contributed by atoms with Crippen molar-refractivity contribution in [1.29, 1.82) is 0 Å². The van der Waals surface area contributed by atoms with Gasteiger partial charge >= 0.3 is 0 Å². The first-order valence-corrected chi connectivity index (χ1v) is 6.94. The molecule has 0 spiro atoms. The van der Waals surface area contributed by atoms with Crippen molar-refractivity contribution in [2.45, 2.75) is 12.8 Å². The Kier molecular flexibility index (Phi) is 3.39. The number of nitrogens with one attached hydrogen (secondary N) is 2. The van der Waals surface area contributed by atoms with Crippen LogP contribution in [0.4, 0.5) is 0 Å². The van der Waals surface area contributed by atoms with Gasteiger partial charge in [0.05, 0.1) is 11.0 Å². The molecule has 20 heavy (non-hydrogen) atoms. The molecule has 3 heteroatoms. The standard InChI is InChI=1S/C17H19N3/c1-20(2)16-7-4-13(5-8-16)3-6-15-11-14-9-10-18-12-17(14)19-15/h4,7,9,11-12,18-19H,5,8,10H2,1-2H3. The predicted molar refractivity (Wildman–Crippen MR) is 82.9 cm³/mol. The van der Waals surface area contributed by atoms with Crippen molar-refractivity contribution in [3.63, 3.8) is 0 Å². The maximum Gasteiger partial charge on any atom is 0.0908 e. The Bertz CT molecular complexity index is 715. The van der Waals surface area contributed by atoms with E-state index in [9.17, 15) is 0 Å². The Morgan fingerprint density at radius 2 is 2.05 bits per heavy atom. The fourth-order valence-electron chi connectivity index (χ4n) is 2.42. The van der Waals surface area contributed by atoms with Crippen LogP contribution in [-0.2, 0) is 0 Å². The maximum absolute atomic E-state index is 3.33. The lowest BCUT2D eigenvalue weighted by Gasteiger charge is -2.19. The summed E-state index contributed by atoms with van der Waals surface area (Å²) in [5, 5.41) is 5.55. The first-order chi connectivity index (χ1) is 9.72. The molecule has 1 aromatic rings. The minimum absolute atomic E-state index is 0.890. The van der Waals surface area contributed by atoms with Gasteiger partial charge in [0.2, 0.25) is 0 Å². The van der Waals surface area contributed by atoms with Crippen LogP contribution in [0.15, 0.2) is 29.5 Å². The van der Waals surface area contributed by atoms with Crippen molar-refractivity contribution in [2.75, 3.05) is 20.6 Å². The molecule has 2 aliphatic rings. The van der Waals surface area contributed by atoms with Crippen LogP contribution >= 0.6 is 0 Å². The van der Waals surface area contributed by atoms with Crippen molar-refractivity contribution < 1.29 is 0 Å². The highest BCUT2D eigenvalue weighted by Gasteiger charge is 2.05. The molecule has 0 atom stereocenters. The molecule has 0 saturated heterocycles. The maximum atomic E-state index is 3.33. The van der Waals surface area contributed by atoms with Gasteiger partial charge in [0.15, 0.2) is 0 Å². The Morgan fingerprint density at radius 1 is 1.15 bits per heavy atom. The number of H-pyrrole nitrogens is 1. The van der Waals surface area contributed by atoms with Gasteiger partial charge in [0, 0.05) is 38.1 Å². The summed E-state index contributed by atoms with van der Waals surface area (Å²) in [7, 11) is 4.17. The Morgan fingerprint density at radius 3 is 2.75 bits per heavy atom. The van der Waals surface area contributed by atoms with Crippen LogP contribution in [0.2, 0.25) is 0 Å². The van der Waals surface area contributed by atoms with Gasteiger partial charge in [-0.05, 0) is 42.2 Å². The molecule has 2 heterocycles. The van der Waals surface area contributed by atoms with E-state index in [1.54, 1.807) is 0 Å². The second kappa shape index (κ2) is 5.34. The highest BCUT2D eigenvalue weighted by atomic mass is 15.1. The molecule has 102 valence electrons. The molecule has 3 nitrogen and oxygen atoms in total. The van der Waals surface area contributed by atoms with Gasteiger partial charge in [-0.2, -0.15) is 0 Å². The van der Waals surface area contributed by atoms with E-state index in [0.29, 0.717) is 0 Å². The fourth-order valence-corrected chi connectivity index (χ4v) is 2.42. The van der Waals surface area contributed by atoms with Gasteiger partial charge in [0.25, 0.3) is 0 Å². The van der Waals surface area contributed by atoms with E-state index in [0.717, 1.165) is 30.4 Å². The number of allylic oxidation sites excluding steroid dienone is 4. The number of fused-ring (bicyclic) bond motifs is 1. The van der Waals surface area contributed by atoms with E-state index in [2.05, 4.69) is 65.4 Å². The van der Waals surface area contributed by atoms with Crippen LogP contribution in [0.5, 0.6) is 0 Å². The van der Waals surface area contributed by atoms with Crippen molar-refractivity contribution in [2.24, 2.45) is 0 Å². The summed E-state index contributed by atoms with van der Waals surface area (Å²) in [6, 6.07) is 2.12. The summed E-state index contributed by atoms with van der Waals surface area (Å²) in [4.78, 5) is 5.49. The highest BCUT2D eigenvalue weighted by Crippen LogP contribution is 2.18. The number of hydrogen-bond donors (Lipinski definition) is 2. The molecule has 3 rings (SSSR count). The summed E-state index contributed by atoms with van der Waals surface area (Å²) in [6.07, 6.45) is 10.6. The molecule has 0 radical (unpaired) electrons. The lowest BCUT2D eigenvalue weighted by molar-refractivity contribution is 0.484. The average molecular weight is 265 g/mol. The zero-order chi connectivity index (χ0) is 13.9. The van der Waals surface area contributed by atoms with Gasteiger partial charge in [-0.3, -0.25) is 0 Å². The number of hydrogen-bond acceptors (Lipinski definition) is 2. The predicted octanol–water partition coefficient (Wildman–Crippen LogP) is 0.654. The van der Waals surface area contributed by atoms with E-state index in [4.69, 9.17) is 0 Å². The number of nitrogens with zero attached hydrogens (tertiary/aromatic N) is 1. The summed E-state index contributed by atoms with van der Waals surface area (Å²) in [5.74, 6) is 6.51. The molecular formula is C17H19N3. The Labute approximate surface area is 119 Å². The van der Waals surface area contributed by atoms with Crippen molar-refractivity contribution >= 4 is 12.3 Å². The van der Waals surface area contributed by atoms with E-state index >= 15 is 0 Å². The largest absolute Gasteiger partial charge is 0.386 e. The van der Waals surface area contributed by atoms with Gasteiger partial charge < -0.3 is 15.2 Å². The van der Waals surface area contributed by atoms with Crippen LogP contribution in [0.1, 0.15) is 18.5 Å². The molecule has 1 aromatic heterocycles. The van der Waals surface area contributed by atoms with Crippen molar-refractivity contribution in [3.05, 3.63) is 45.8 Å². The van der Waals surface area contributed by atoms with Crippen LogP contribution in [0.3, 0.4) is 0 Å². The van der Waals surface area contributed by atoms with Gasteiger partial charge in [-0.1, -0.05) is 12.0 Å². The minimum Gasteiger partial charge on any atom is -0.386 e. The molecule has 0 saturated carbocycles. The fraction of sp³-hybridized carbons (Fsp3) is 0.294. The lowest BCUT2D eigenvalue weighted by atomic mass is 10.0. The van der Waals surface area contributed by atoms with E-state index in [-0.39, 0.29) is 0 Å². The third-order valence-electron chi connectivity index (χ3n) is 3.63. The van der Waals surface area contributed by atoms with Crippen LogP contribution in [-0.4, -0.2) is 30.5 Å². The summed E-state index contributed by atoms with van der Waals surface area (Å²) < 4.78 is 0. The lowest BCUT2D eigenvalue weighted by Crippen LogP contribution is -2.31. The molecule has 0 aromatic carbocycles. The normalized spacial score (nSPS) is 16.3. The van der Waals surface area contributed by atoms with Crippen LogP contribution in [0, 0.1) is 11.8 Å². The third-order valence-corrected chi connectivity index (χ3v) is 3.63. The van der Waals surface area contributed by atoms with Gasteiger partial charge in [-0.25, -0.2) is 0 Å². The van der Waals surface area contributed by atoms with E-state index in [1.807, 2.05) is 6.20 Å². The first kappa shape index (κ1) is 12.7. The zero-order valence-electron chi connectivity index (χ0n) is 12.0. The molecule has 0 bridgehead atoms. The number of aromatic amines is 1. The highest BCUT2D eigenvalue weighted by molar-refractivity contribution is 5.44. The molecule has 0 amide bonds. The van der Waals surface area contributed by atoms with Crippen LogP contribution < -0.4 is 15.9 Å². The van der Waals surface area contributed by atoms with Crippen LogP contribution in [0.25, 0.3) is 12.3 Å². The quantitative estimate of drug-likeness (QED) is 0.731. The topological polar surface area (TPSA) is 31.1 Å². The van der Waals surface area contributed by atoms with Gasteiger partial charge in [-0.15, -0.1) is 0 Å². The third kappa shape index (κ3) is 2.65. The second-order valence-corrected chi connectivity index (χ2v) is 5.30. The molecule has 1 aliphatic heterocycles. The number of rotatable bonds is 1. The molecule has 1 aliphatic carbocycles. The van der Waals surface area contributed by atoms with Crippen molar-refractivity contribution in [3.8, 4) is 11.8 Å². The first-order valence-electron chi connectivity index (χ1n) is 6.94. The second-order valence-electron chi connectivity index (χ2n) is 5.30. The van der Waals surface area contributed by atoms with E-state index in [1.165, 1.54) is 16.5 Å². The van der Waals surface area contributed by atoms with Gasteiger partial charge in [0.1, 0.15) is 0 Å². The smallest absolute Gasteiger partial charge is 0.0908 e. The monoisotopic (exact) mass is 265 g/mol. The zero-order valence-corrected chi connectivity index (χ0v) is 12.0. The Balaban J connectivity index is 1.82. The van der Waals surface area contributed by atoms with E-state index < -0.39 is 0 Å². The Hall–Kier alpha value is -2.34. The summed E-state index contributed by atoms with van der Waals surface area (Å²) in [5.41, 5.74) is 3.55. The minimum atomic E-state index is 0.890. The molecule has 0 fully saturated rings.